The molecule has 0 saturated carbocycles. The van der Waals surface area contributed by atoms with Crippen LogP contribution in [0.1, 0.15) is 36.1 Å². The molecule has 0 radical (unpaired) electrons. The van der Waals surface area contributed by atoms with Crippen molar-refractivity contribution in [2.45, 2.75) is 27.1 Å². The van der Waals surface area contributed by atoms with Crippen molar-refractivity contribution in [2.75, 3.05) is 75.8 Å². The molecule has 0 aliphatic carbocycles. The minimum atomic E-state index is -0.293. The standard InChI is InChI=1S/2C31H30ClN5O3/c2*1-4-39-29-17-26-24(16-27(29)36-30(38)11-8-14-37(2)3)31(22(18-33)19-34-26)35-23-12-13-28(25(32)15-23)40-20-21-9-6-5-7-10-21/h2*5-13,15-17,19H,4,14,20H2,1-3H3,(H,34,35)(H,36,38)/b2*11-8+. The summed E-state index contributed by atoms with van der Waals surface area (Å²) in [6.07, 6.45) is 9.51. The van der Waals surface area contributed by atoms with Gasteiger partial charge in [0, 0.05) is 71.9 Å². The second-order valence-corrected chi connectivity index (χ2v) is 19.1. The molecule has 80 heavy (non-hydrogen) atoms. The van der Waals surface area contributed by atoms with E-state index in [2.05, 4.69) is 43.4 Å². The molecule has 0 saturated heterocycles. The monoisotopic (exact) mass is 1110 g/mol. The normalized spacial score (nSPS) is 11.0. The van der Waals surface area contributed by atoms with E-state index >= 15 is 0 Å². The number of anilines is 6. The first-order valence-corrected chi connectivity index (χ1v) is 26.2. The van der Waals surface area contributed by atoms with Crippen LogP contribution in [0.5, 0.6) is 23.0 Å². The molecule has 0 spiro atoms. The second kappa shape index (κ2) is 29.0. The highest BCUT2D eigenvalue weighted by Gasteiger charge is 2.18. The Balaban J connectivity index is 0.000000231. The first kappa shape index (κ1) is 58.5. The Kier molecular flexibility index (Phi) is 21.2. The van der Waals surface area contributed by atoms with E-state index in [-0.39, 0.29) is 11.8 Å². The van der Waals surface area contributed by atoms with Gasteiger partial charge in [0.05, 0.1) is 68.2 Å². The van der Waals surface area contributed by atoms with Gasteiger partial charge in [-0.15, -0.1) is 0 Å². The molecule has 6 aromatic carbocycles. The van der Waals surface area contributed by atoms with Crippen LogP contribution in [0.15, 0.2) is 158 Å². The fourth-order valence-corrected chi connectivity index (χ4v) is 8.33. The lowest BCUT2D eigenvalue weighted by Gasteiger charge is -2.16. The second-order valence-electron chi connectivity index (χ2n) is 18.3. The molecule has 0 atom stereocenters. The maximum absolute atomic E-state index is 12.6. The fraction of sp³-hybridized carbons (Fsp3) is 0.194. The summed E-state index contributed by atoms with van der Waals surface area (Å²) in [6, 6.07) is 41.7. The molecular formula is C62H60Cl2N10O6. The van der Waals surface area contributed by atoms with Gasteiger partial charge < -0.3 is 50.0 Å². The van der Waals surface area contributed by atoms with Crippen LogP contribution in [0.4, 0.5) is 34.1 Å². The van der Waals surface area contributed by atoms with Crippen molar-refractivity contribution in [3.05, 3.63) is 190 Å². The van der Waals surface area contributed by atoms with Crippen molar-refractivity contribution >= 4 is 90.9 Å². The van der Waals surface area contributed by atoms with Crippen LogP contribution in [0.25, 0.3) is 21.8 Å². The predicted molar refractivity (Wildman–Crippen MR) is 319 cm³/mol. The van der Waals surface area contributed by atoms with Crippen LogP contribution >= 0.6 is 23.2 Å². The van der Waals surface area contributed by atoms with Crippen molar-refractivity contribution in [1.82, 2.24) is 19.8 Å². The molecule has 0 bridgehead atoms. The van der Waals surface area contributed by atoms with Gasteiger partial charge in [-0.1, -0.05) is 96.0 Å². The van der Waals surface area contributed by atoms with Gasteiger partial charge in [-0.05, 0) is 102 Å². The zero-order valence-electron chi connectivity index (χ0n) is 45.1. The molecule has 2 heterocycles. The molecular weight excluding hydrogens is 1050 g/mol. The summed E-state index contributed by atoms with van der Waals surface area (Å²) < 4.78 is 23.3. The number of nitrogens with zero attached hydrogens (tertiary/aromatic N) is 6. The number of amides is 2. The minimum absolute atomic E-state index is 0.293. The van der Waals surface area contributed by atoms with Gasteiger partial charge in [-0.2, -0.15) is 10.5 Å². The van der Waals surface area contributed by atoms with E-state index in [0.29, 0.717) is 140 Å². The third-order valence-corrected chi connectivity index (χ3v) is 12.2. The third-order valence-electron chi connectivity index (χ3n) is 11.7. The summed E-state index contributed by atoms with van der Waals surface area (Å²) in [6.45, 7) is 6.58. The summed E-state index contributed by atoms with van der Waals surface area (Å²) in [5, 5.41) is 34.2. The SMILES string of the molecule is CCOc1cc2ncc(C#N)c(Nc3ccc(OCc4ccccc4)c(Cl)c3)c2cc1NC(=O)/C=C/CN(C)C.CCOc1cc2ncc(C#N)c(Nc3ccc(OCc4ccccc4)c(Cl)c3)c2cc1NC(=O)/C=C/CN(C)C. The summed E-state index contributed by atoms with van der Waals surface area (Å²) in [5.41, 5.74) is 7.25. The molecule has 4 N–H and O–H groups in total. The molecule has 16 nitrogen and oxygen atoms in total. The number of nitrogens with one attached hydrogen (secondary N) is 4. The van der Waals surface area contributed by atoms with Gasteiger partial charge in [0.25, 0.3) is 0 Å². The Hall–Kier alpha value is -9.16. The minimum Gasteiger partial charge on any atom is -0.492 e. The largest absolute Gasteiger partial charge is 0.492 e. The van der Waals surface area contributed by atoms with Gasteiger partial charge in [0.2, 0.25) is 11.8 Å². The van der Waals surface area contributed by atoms with Gasteiger partial charge in [-0.25, -0.2) is 0 Å². The number of aromatic nitrogens is 2. The number of halogens is 2. The van der Waals surface area contributed by atoms with Crippen molar-refractivity contribution in [3.63, 3.8) is 0 Å². The van der Waals surface area contributed by atoms with Gasteiger partial charge in [-0.3, -0.25) is 19.6 Å². The number of nitriles is 2. The highest BCUT2D eigenvalue weighted by molar-refractivity contribution is 6.32. The first-order valence-electron chi connectivity index (χ1n) is 25.5. The molecule has 2 amide bonds. The van der Waals surface area contributed by atoms with Gasteiger partial charge >= 0.3 is 0 Å². The Morgan fingerprint density at radius 3 is 1.30 bits per heavy atom. The lowest BCUT2D eigenvalue weighted by molar-refractivity contribution is -0.112. The third kappa shape index (κ3) is 16.4. The Morgan fingerprint density at radius 1 is 0.550 bits per heavy atom. The highest BCUT2D eigenvalue weighted by atomic mass is 35.5. The van der Waals surface area contributed by atoms with E-state index in [1.807, 2.05) is 125 Å². The van der Waals surface area contributed by atoms with Crippen LogP contribution in [0.2, 0.25) is 10.0 Å². The summed E-state index contributed by atoms with van der Waals surface area (Å²) >= 11 is 13.1. The number of benzene rings is 6. The Morgan fingerprint density at radius 2 is 0.950 bits per heavy atom. The molecule has 0 unspecified atom stereocenters. The Bertz CT molecular complexity index is 3370. The first-order chi connectivity index (χ1) is 38.7. The topological polar surface area (TPSA) is 199 Å². The summed E-state index contributed by atoms with van der Waals surface area (Å²) in [5.74, 6) is 1.47. The Labute approximate surface area is 475 Å². The molecule has 2 aromatic heterocycles. The number of rotatable bonds is 22. The van der Waals surface area contributed by atoms with E-state index in [4.69, 9.17) is 42.1 Å². The van der Waals surface area contributed by atoms with E-state index in [1.165, 1.54) is 24.5 Å². The number of likely N-dealkylation sites (N-methyl/N-ethyl adjacent to an activating group) is 2. The number of ether oxygens (including phenoxy) is 4. The molecule has 8 aromatic rings. The van der Waals surface area contributed by atoms with Crippen molar-refractivity contribution in [3.8, 4) is 35.1 Å². The predicted octanol–water partition coefficient (Wildman–Crippen LogP) is 13.1. The average Bonchev–Trinajstić information content (AvgIpc) is 3.47. The highest BCUT2D eigenvalue weighted by Crippen LogP contribution is 2.40. The molecule has 18 heteroatoms. The van der Waals surface area contributed by atoms with E-state index in [0.717, 1.165) is 11.1 Å². The van der Waals surface area contributed by atoms with E-state index in [9.17, 15) is 20.1 Å². The number of carbonyl (C=O) groups is 2. The number of pyridine rings is 2. The smallest absolute Gasteiger partial charge is 0.248 e. The number of carbonyl (C=O) groups excluding carboxylic acids is 2. The van der Waals surface area contributed by atoms with Crippen LogP contribution < -0.4 is 40.2 Å². The lowest BCUT2D eigenvalue weighted by atomic mass is 10.1. The van der Waals surface area contributed by atoms with Gasteiger partial charge in [0.1, 0.15) is 48.4 Å². The molecule has 0 fully saturated rings. The van der Waals surface area contributed by atoms with Crippen LogP contribution in [-0.2, 0) is 22.8 Å². The van der Waals surface area contributed by atoms with Crippen molar-refractivity contribution < 1.29 is 28.5 Å². The molecule has 8 rings (SSSR count). The van der Waals surface area contributed by atoms with Gasteiger partial charge in [0.15, 0.2) is 0 Å². The zero-order chi connectivity index (χ0) is 57.0. The number of hydrogen-bond acceptors (Lipinski definition) is 14. The molecule has 408 valence electrons. The van der Waals surface area contributed by atoms with Crippen LogP contribution in [0, 0.1) is 22.7 Å². The number of fused-ring (bicyclic) bond motifs is 2. The fourth-order valence-electron chi connectivity index (χ4n) is 7.86. The molecule has 0 aliphatic heterocycles. The summed E-state index contributed by atoms with van der Waals surface area (Å²) in [7, 11) is 7.69. The maximum Gasteiger partial charge on any atom is 0.248 e. The van der Waals surface area contributed by atoms with Crippen molar-refractivity contribution in [2.24, 2.45) is 0 Å². The average molecular weight is 1110 g/mol. The summed E-state index contributed by atoms with van der Waals surface area (Å²) in [4.78, 5) is 38.0. The van der Waals surface area contributed by atoms with Crippen LogP contribution in [-0.4, -0.2) is 86.1 Å². The molecule has 0 aliphatic rings. The lowest BCUT2D eigenvalue weighted by Crippen LogP contribution is -2.13. The van der Waals surface area contributed by atoms with E-state index < -0.39 is 0 Å². The number of hydrogen-bond donors (Lipinski definition) is 4. The van der Waals surface area contributed by atoms with Crippen molar-refractivity contribution in [1.29, 1.82) is 10.5 Å². The zero-order valence-corrected chi connectivity index (χ0v) is 46.7. The van der Waals surface area contributed by atoms with E-state index in [1.54, 1.807) is 60.7 Å². The quantitative estimate of drug-likeness (QED) is 0.0467. The maximum atomic E-state index is 12.6. The van der Waals surface area contributed by atoms with Crippen LogP contribution in [0.3, 0.4) is 0 Å².